The van der Waals surface area contributed by atoms with Crippen molar-refractivity contribution in [1.82, 2.24) is 14.9 Å². The number of ether oxygens (including phenoxy) is 2. The van der Waals surface area contributed by atoms with Crippen LogP contribution in [0.5, 0.6) is 0 Å². The lowest BCUT2D eigenvalue weighted by Gasteiger charge is -2.46. The lowest BCUT2D eigenvalue weighted by Crippen LogP contribution is -2.54. The summed E-state index contributed by atoms with van der Waals surface area (Å²) in [7, 11) is 1.51. The van der Waals surface area contributed by atoms with Gasteiger partial charge in [0.25, 0.3) is 11.8 Å². The molecule has 0 saturated carbocycles. The van der Waals surface area contributed by atoms with Gasteiger partial charge in [0.1, 0.15) is 12.2 Å². The zero-order valence-corrected chi connectivity index (χ0v) is 32.6. The molecule has 0 aromatic heterocycles. The summed E-state index contributed by atoms with van der Waals surface area (Å²) in [6, 6.07) is 13.9. The molecule has 3 aromatic rings. The average Bonchev–Trinajstić information content (AvgIpc) is 3.48. The molecule has 1 aliphatic carbocycles. The van der Waals surface area contributed by atoms with Crippen molar-refractivity contribution in [3.63, 3.8) is 0 Å². The first-order valence-electron chi connectivity index (χ1n) is 18.6. The third-order valence-corrected chi connectivity index (χ3v) is 12.0. The maximum atomic E-state index is 13.8. The number of carbonyl (C=O) groups is 2. The largest absolute Gasteiger partial charge is 0.416 e. The molecule has 57 heavy (non-hydrogen) atoms. The van der Waals surface area contributed by atoms with E-state index in [0.29, 0.717) is 69.4 Å². The Labute approximate surface area is 336 Å². The van der Waals surface area contributed by atoms with Crippen molar-refractivity contribution in [2.45, 2.75) is 61.6 Å². The first kappa shape index (κ1) is 43.1. The number of amides is 2. The van der Waals surface area contributed by atoms with Crippen LogP contribution in [-0.4, -0.2) is 104 Å². The number of benzene rings is 3. The highest BCUT2D eigenvalue weighted by Crippen LogP contribution is 2.48. The zero-order chi connectivity index (χ0) is 41.2. The van der Waals surface area contributed by atoms with E-state index in [0.717, 1.165) is 10.6 Å². The van der Waals surface area contributed by atoms with E-state index in [-0.39, 0.29) is 73.1 Å². The number of carbonyl (C=O) groups excluding carboxylic acids is 2. The standard InChI is InChI=1S/C40H43Cl2F6N3O6/c1-49(57-17-4-16-52)35(53)24-55-34-21-26-5-2-3-6-31(26)37(34)9-12-50(13-10-37)14-11-38(28-7-8-32(41)33(42)23-28)25-51(15-18-56-38)36(54)27-19-29(39(43,44)45)22-30(20-27)40(46,47)48/h2-3,5-8,19-20,22-23,34,52H,4,9-18,21,24-25H2,1H3/t34-,38-/m0/s1. The first-order valence-corrected chi connectivity index (χ1v) is 19.3. The number of nitrogens with zero attached hydrogens (tertiary/aromatic N) is 3. The fourth-order valence-electron chi connectivity index (χ4n) is 8.15. The molecule has 9 nitrogen and oxygen atoms in total. The maximum Gasteiger partial charge on any atom is 0.416 e. The van der Waals surface area contributed by atoms with Crippen molar-refractivity contribution in [2.24, 2.45) is 0 Å². The number of hydrogen-bond donors (Lipinski definition) is 1. The van der Waals surface area contributed by atoms with Crippen LogP contribution in [0.25, 0.3) is 0 Å². The van der Waals surface area contributed by atoms with Gasteiger partial charge in [-0.05, 0) is 92.2 Å². The van der Waals surface area contributed by atoms with Crippen molar-refractivity contribution in [3.05, 3.63) is 104 Å². The second-order valence-electron chi connectivity index (χ2n) is 14.7. The fourth-order valence-corrected chi connectivity index (χ4v) is 8.44. The molecule has 1 N–H and O–H groups in total. The van der Waals surface area contributed by atoms with E-state index in [1.54, 1.807) is 18.2 Å². The highest BCUT2D eigenvalue weighted by Gasteiger charge is 2.50. The van der Waals surface area contributed by atoms with Gasteiger partial charge in [-0.25, -0.2) is 5.06 Å². The van der Waals surface area contributed by atoms with Crippen molar-refractivity contribution in [1.29, 1.82) is 0 Å². The van der Waals surface area contributed by atoms with Gasteiger partial charge >= 0.3 is 12.4 Å². The Balaban J connectivity index is 1.20. The van der Waals surface area contributed by atoms with Gasteiger partial charge in [-0.3, -0.25) is 14.4 Å². The molecule has 3 aliphatic rings. The van der Waals surface area contributed by atoms with Crippen molar-refractivity contribution < 1.29 is 55.3 Å². The summed E-state index contributed by atoms with van der Waals surface area (Å²) in [4.78, 5) is 35.5. The Morgan fingerprint density at radius 2 is 1.63 bits per heavy atom. The Morgan fingerprint density at radius 3 is 2.28 bits per heavy atom. The fraction of sp³-hybridized carbons (Fsp3) is 0.500. The highest BCUT2D eigenvalue weighted by atomic mass is 35.5. The van der Waals surface area contributed by atoms with Gasteiger partial charge in [0.2, 0.25) is 0 Å². The van der Waals surface area contributed by atoms with Gasteiger partial charge in [-0.15, -0.1) is 0 Å². The third-order valence-electron chi connectivity index (χ3n) is 11.3. The molecule has 6 rings (SSSR count). The molecule has 2 fully saturated rings. The summed E-state index contributed by atoms with van der Waals surface area (Å²) >= 11 is 12.7. The van der Waals surface area contributed by atoms with E-state index in [2.05, 4.69) is 17.0 Å². The number of morpholine rings is 1. The molecule has 2 saturated heterocycles. The summed E-state index contributed by atoms with van der Waals surface area (Å²) in [5.74, 6) is -1.34. The highest BCUT2D eigenvalue weighted by molar-refractivity contribution is 6.42. The molecule has 2 amide bonds. The molecule has 1 spiro atoms. The summed E-state index contributed by atoms with van der Waals surface area (Å²) < 4.78 is 94.9. The van der Waals surface area contributed by atoms with E-state index in [4.69, 9.17) is 42.6 Å². The maximum absolute atomic E-state index is 13.8. The van der Waals surface area contributed by atoms with Crippen LogP contribution in [0.2, 0.25) is 10.0 Å². The predicted octanol–water partition coefficient (Wildman–Crippen LogP) is 7.54. The lowest BCUT2D eigenvalue weighted by molar-refractivity contribution is -0.186. The molecule has 3 aromatic carbocycles. The number of aliphatic hydroxyl groups is 1. The number of likely N-dealkylation sites (N-methyl/N-ethyl adjacent to an activating group) is 1. The van der Waals surface area contributed by atoms with Gasteiger partial charge in [0.05, 0.1) is 47.0 Å². The first-order chi connectivity index (χ1) is 27.0. The van der Waals surface area contributed by atoms with Crippen molar-refractivity contribution in [2.75, 3.05) is 66.2 Å². The molecule has 0 radical (unpaired) electrons. The van der Waals surface area contributed by atoms with E-state index in [1.807, 2.05) is 12.1 Å². The molecule has 2 heterocycles. The normalized spacial score (nSPS) is 21.2. The number of aliphatic hydroxyl groups excluding tert-OH is 1. The Morgan fingerprint density at radius 1 is 0.947 bits per heavy atom. The molecule has 310 valence electrons. The smallest absolute Gasteiger partial charge is 0.396 e. The van der Waals surface area contributed by atoms with Gasteiger partial charge in [-0.1, -0.05) is 53.5 Å². The van der Waals surface area contributed by atoms with Crippen LogP contribution in [0, 0.1) is 0 Å². The molecule has 0 unspecified atom stereocenters. The summed E-state index contributed by atoms with van der Waals surface area (Å²) in [5.41, 5.74) is -2.61. The van der Waals surface area contributed by atoms with Gasteiger partial charge in [0.15, 0.2) is 0 Å². The number of hydrogen-bond acceptors (Lipinski definition) is 7. The van der Waals surface area contributed by atoms with Gasteiger partial charge in [-0.2, -0.15) is 26.3 Å². The Hall–Kier alpha value is -3.44. The van der Waals surface area contributed by atoms with Crippen LogP contribution in [0.15, 0.2) is 60.7 Å². The number of likely N-dealkylation sites (tertiary alicyclic amines) is 1. The summed E-state index contributed by atoms with van der Waals surface area (Å²) in [6.07, 6.45) is -7.78. The Bertz CT molecular complexity index is 1890. The minimum absolute atomic E-state index is 0.00691. The molecule has 17 heteroatoms. The minimum atomic E-state index is -5.12. The van der Waals surface area contributed by atoms with Gasteiger partial charge < -0.3 is 24.4 Å². The van der Waals surface area contributed by atoms with Crippen molar-refractivity contribution >= 4 is 35.0 Å². The predicted molar refractivity (Wildman–Crippen MR) is 199 cm³/mol. The molecule has 2 atom stereocenters. The van der Waals surface area contributed by atoms with Gasteiger partial charge in [0, 0.05) is 37.7 Å². The van der Waals surface area contributed by atoms with Crippen LogP contribution in [-0.2, 0) is 48.9 Å². The number of piperidine rings is 1. The van der Waals surface area contributed by atoms with Crippen LogP contribution in [0.1, 0.15) is 63.9 Å². The quantitative estimate of drug-likeness (QED) is 0.115. The second kappa shape index (κ2) is 17.4. The lowest BCUT2D eigenvalue weighted by atomic mass is 9.72. The molecule has 2 aliphatic heterocycles. The van der Waals surface area contributed by atoms with E-state index in [9.17, 15) is 35.9 Å². The monoisotopic (exact) mass is 845 g/mol. The SMILES string of the molecule is CN(OCCCO)C(=O)CO[C@H]1Cc2ccccc2C12CCN(CC[C@@]1(c3ccc(Cl)c(Cl)c3)CN(C(=O)c3cc(C(F)(F)F)cc(C(F)(F)F)c3)CCO1)CC2. The van der Waals surface area contributed by atoms with Crippen LogP contribution in [0.3, 0.4) is 0 Å². The number of fused-ring (bicyclic) bond motifs is 2. The van der Waals surface area contributed by atoms with E-state index >= 15 is 0 Å². The number of halogens is 8. The van der Waals surface area contributed by atoms with Crippen molar-refractivity contribution in [3.8, 4) is 0 Å². The number of rotatable bonds is 12. The van der Waals surface area contributed by atoms with E-state index in [1.165, 1.54) is 17.5 Å². The van der Waals surface area contributed by atoms with Crippen LogP contribution >= 0.6 is 23.2 Å². The summed E-state index contributed by atoms with van der Waals surface area (Å²) in [6.45, 7) is 1.40. The van der Waals surface area contributed by atoms with Crippen LogP contribution in [0.4, 0.5) is 26.3 Å². The molecule has 0 bridgehead atoms. The van der Waals surface area contributed by atoms with E-state index < -0.39 is 40.6 Å². The number of alkyl halides is 6. The molecular formula is C40H43Cl2F6N3O6. The topological polar surface area (TPSA) is 91.8 Å². The second-order valence-corrected chi connectivity index (χ2v) is 15.5. The number of hydroxylamine groups is 2. The molecular weight excluding hydrogens is 803 g/mol. The third kappa shape index (κ3) is 9.56. The summed E-state index contributed by atoms with van der Waals surface area (Å²) in [5, 5.41) is 10.6. The van der Waals surface area contributed by atoms with Crippen LogP contribution < -0.4 is 0 Å². The zero-order valence-electron chi connectivity index (χ0n) is 31.1. The minimum Gasteiger partial charge on any atom is -0.396 e. The Kier molecular flexibility index (Phi) is 13.2. The average molecular weight is 847 g/mol.